The fraction of sp³-hybridized carbons (Fsp3) is 0.500. The van der Waals surface area contributed by atoms with Crippen LogP contribution < -0.4 is 10.1 Å². The van der Waals surface area contributed by atoms with Gasteiger partial charge in [0, 0.05) is 6.04 Å². The molecule has 100 valence electrons. The smallest absolute Gasteiger partial charge is 0.307 e. The third-order valence-electron chi connectivity index (χ3n) is 2.77. The van der Waals surface area contributed by atoms with E-state index in [2.05, 4.69) is 5.32 Å². The number of esters is 1. The highest BCUT2D eigenvalue weighted by molar-refractivity contribution is 5.70. The number of carbonyl (C=O) groups is 1. The Morgan fingerprint density at radius 3 is 2.44 bits per heavy atom. The van der Waals surface area contributed by atoms with E-state index >= 15 is 0 Å². The molecule has 0 aromatic heterocycles. The number of ether oxygens (including phenoxy) is 2. The number of hydrogen-bond acceptors (Lipinski definition) is 4. The molecule has 0 aliphatic rings. The van der Waals surface area contributed by atoms with Crippen LogP contribution in [0.1, 0.15) is 18.9 Å². The second-order valence-electron chi connectivity index (χ2n) is 4.09. The average molecular weight is 251 g/mol. The zero-order valence-electron chi connectivity index (χ0n) is 11.2. The van der Waals surface area contributed by atoms with Crippen LogP contribution in [-0.2, 0) is 16.0 Å². The van der Waals surface area contributed by atoms with Crippen molar-refractivity contribution < 1.29 is 14.3 Å². The number of hydrogen-bond donors (Lipinski definition) is 1. The lowest BCUT2D eigenvalue weighted by molar-refractivity contribution is -0.141. The van der Waals surface area contributed by atoms with Gasteiger partial charge in [-0.1, -0.05) is 19.1 Å². The summed E-state index contributed by atoms with van der Waals surface area (Å²) in [5.74, 6) is 0.654. The fourth-order valence-electron chi connectivity index (χ4n) is 1.84. The summed E-state index contributed by atoms with van der Waals surface area (Å²) in [6.07, 6.45) is 1.18. The van der Waals surface area contributed by atoms with Gasteiger partial charge in [0.2, 0.25) is 0 Å². The number of benzene rings is 1. The van der Waals surface area contributed by atoms with Crippen LogP contribution in [0.15, 0.2) is 24.3 Å². The Labute approximate surface area is 108 Å². The zero-order valence-corrected chi connectivity index (χ0v) is 11.2. The molecule has 0 heterocycles. The molecule has 0 saturated heterocycles. The Balaban J connectivity index is 2.60. The average Bonchev–Trinajstić information content (AvgIpc) is 2.39. The van der Waals surface area contributed by atoms with Gasteiger partial charge in [0.1, 0.15) is 5.75 Å². The Kier molecular flexibility index (Phi) is 6.22. The topological polar surface area (TPSA) is 47.6 Å². The number of likely N-dealkylation sites (N-methyl/N-ethyl adjacent to an activating group) is 1. The molecule has 4 heteroatoms. The van der Waals surface area contributed by atoms with Crippen LogP contribution in [-0.4, -0.2) is 32.8 Å². The molecule has 1 aromatic carbocycles. The number of carbonyl (C=O) groups excluding carboxylic acids is 1. The van der Waals surface area contributed by atoms with Crippen molar-refractivity contribution >= 4 is 5.97 Å². The van der Waals surface area contributed by atoms with Crippen molar-refractivity contribution in [3.63, 3.8) is 0 Å². The maximum absolute atomic E-state index is 11.3. The summed E-state index contributed by atoms with van der Waals surface area (Å²) in [5, 5.41) is 3.29. The van der Waals surface area contributed by atoms with Crippen LogP contribution in [0.5, 0.6) is 5.75 Å². The molecule has 4 nitrogen and oxygen atoms in total. The molecular formula is C14H21NO3. The van der Waals surface area contributed by atoms with E-state index in [0.717, 1.165) is 18.7 Å². The second-order valence-corrected chi connectivity index (χ2v) is 4.09. The molecule has 1 rings (SSSR count). The normalized spacial score (nSPS) is 11.9. The molecule has 1 atom stereocenters. The number of rotatable bonds is 7. The highest BCUT2D eigenvalue weighted by Gasteiger charge is 2.13. The molecule has 0 amide bonds. The van der Waals surface area contributed by atoms with Crippen LogP contribution in [0.3, 0.4) is 0 Å². The first kappa shape index (κ1) is 14.5. The minimum Gasteiger partial charge on any atom is -0.497 e. The third kappa shape index (κ3) is 4.75. The first-order valence-corrected chi connectivity index (χ1v) is 6.12. The lowest BCUT2D eigenvalue weighted by Crippen LogP contribution is -2.33. The van der Waals surface area contributed by atoms with E-state index in [4.69, 9.17) is 9.47 Å². The van der Waals surface area contributed by atoms with Crippen LogP contribution in [0.4, 0.5) is 0 Å². The Morgan fingerprint density at radius 1 is 1.28 bits per heavy atom. The van der Waals surface area contributed by atoms with Crippen LogP contribution in [0.25, 0.3) is 0 Å². The van der Waals surface area contributed by atoms with Crippen molar-refractivity contribution in [3.8, 4) is 5.75 Å². The van der Waals surface area contributed by atoms with Crippen molar-refractivity contribution in [2.45, 2.75) is 25.8 Å². The van der Waals surface area contributed by atoms with E-state index in [9.17, 15) is 4.79 Å². The van der Waals surface area contributed by atoms with Gasteiger partial charge in [-0.3, -0.25) is 4.79 Å². The summed E-state index contributed by atoms with van der Waals surface area (Å²) in [7, 11) is 3.06. The van der Waals surface area contributed by atoms with E-state index in [0.29, 0.717) is 6.42 Å². The molecule has 0 bridgehead atoms. The van der Waals surface area contributed by atoms with E-state index < -0.39 is 0 Å². The van der Waals surface area contributed by atoms with E-state index in [1.54, 1.807) is 7.11 Å². The first-order chi connectivity index (χ1) is 8.69. The minimum atomic E-state index is -0.186. The van der Waals surface area contributed by atoms with Gasteiger partial charge >= 0.3 is 5.97 Å². The van der Waals surface area contributed by atoms with E-state index in [-0.39, 0.29) is 12.0 Å². The highest BCUT2D eigenvalue weighted by atomic mass is 16.5. The predicted octanol–water partition coefficient (Wildman–Crippen LogP) is 1.78. The van der Waals surface area contributed by atoms with Crippen molar-refractivity contribution in [2.75, 3.05) is 20.8 Å². The van der Waals surface area contributed by atoms with Crippen molar-refractivity contribution in [1.82, 2.24) is 5.32 Å². The van der Waals surface area contributed by atoms with Gasteiger partial charge in [-0.2, -0.15) is 0 Å². The van der Waals surface area contributed by atoms with Crippen molar-refractivity contribution in [1.29, 1.82) is 0 Å². The molecule has 1 aromatic rings. The Morgan fingerprint density at radius 2 is 1.94 bits per heavy atom. The summed E-state index contributed by atoms with van der Waals surface area (Å²) in [4.78, 5) is 11.3. The second kappa shape index (κ2) is 7.71. The van der Waals surface area contributed by atoms with Gasteiger partial charge in [0.15, 0.2) is 0 Å². The highest BCUT2D eigenvalue weighted by Crippen LogP contribution is 2.13. The SMILES string of the molecule is CCNC(CC(=O)OC)Cc1ccc(OC)cc1. The molecule has 1 N–H and O–H groups in total. The molecular weight excluding hydrogens is 230 g/mol. The number of methoxy groups -OCH3 is 2. The molecule has 0 fully saturated rings. The number of nitrogens with one attached hydrogen (secondary N) is 1. The monoisotopic (exact) mass is 251 g/mol. The van der Waals surface area contributed by atoms with Crippen molar-refractivity contribution in [3.05, 3.63) is 29.8 Å². The Bertz CT molecular complexity index is 362. The molecule has 0 spiro atoms. The van der Waals surface area contributed by atoms with Gasteiger partial charge in [-0.15, -0.1) is 0 Å². The molecule has 0 aliphatic heterocycles. The molecule has 1 unspecified atom stereocenters. The largest absolute Gasteiger partial charge is 0.497 e. The first-order valence-electron chi connectivity index (χ1n) is 6.12. The Hall–Kier alpha value is -1.55. The lowest BCUT2D eigenvalue weighted by atomic mass is 10.0. The van der Waals surface area contributed by atoms with Gasteiger partial charge in [0.25, 0.3) is 0 Å². The zero-order chi connectivity index (χ0) is 13.4. The molecule has 18 heavy (non-hydrogen) atoms. The minimum absolute atomic E-state index is 0.107. The molecule has 0 aliphatic carbocycles. The van der Waals surface area contributed by atoms with Gasteiger partial charge in [-0.05, 0) is 30.7 Å². The van der Waals surface area contributed by atoms with Crippen molar-refractivity contribution in [2.24, 2.45) is 0 Å². The maximum atomic E-state index is 11.3. The summed E-state index contributed by atoms with van der Waals surface area (Å²) < 4.78 is 9.82. The summed E-state index contributed by atoms with van der Waals surface area (Å²) in [6, 6.07) is 7.99. The van der Waals surface area contributed by atoms with Gasteiger partial charge < -0.3 is 14.8 Å². The summed E-state index contributed by atoms with van der Waals surface area (Å²) >= 11 is 0. The molecule has 0 radical (unpaired) electrons. The van der Waals surface area contributed by atoms with Crippen LogP contribution >= 0.6 is 0 Å². The summed E-state index contributed by atoms with van der Waals surface area (Å²) in [5.41, 5.74) is 1.17. The van der Waals surface area contributed by atoms with E-state index in [1.165, 1.54) is 12.7 Å². The fourth-order valence-corrected chi connectivity index (χ4v) is 1.84. The van der Waals surface area contributed by atoms with Gasteiger partial charge in [0.05, 0.1) is 20.6 Å². The van der Waals surface area contributed by atoms with E-state index in [1.807, 2.05) is 31.2 Å². The van der Waals surface area contributed by atoms with Crippen LogP contribution in [0, 0.1) is 0 Å². The predicted molar refractivity (Wildman–Crippen MR) is 70.8 cm³/mol. The standard InChI is InChI=1S/C14H21NO3/c1-4-15-12(10-14(16)18-3)9-11-5-7-13(17-2)8-6-11/h5-8,12,15H,4,9-10H2,1-3H3. The summed E-state index contributed by atoms with van der Waals surface area (Å²) in [6.45, 7) is 2.86. The third-order valence-corrected chi connectivity index (χ3v) is 2.77. The maximum Gasteiger partial charge on any atom is 0.307 e. The molecule has 0 saturated carbocycles. The lowest BCUT2D eigenvalue weighted by Gasteiger charge is -2.16. The van der Waals surface area contributed by atoms with Gasteiger partial charge in [-0.25, -0.2) is 0 Å². The quantitative estimate of drug-likeness (QED) is 0.750. The van der Waals surface area contributed by atoms with Crippen LogP contribution in [0.2, 0.25) is 0 Å².